The van der Waals surface area contributed by atoms with Gasteiger partial charge in [0.25, 0.3) is 0 Å². The zero-order valence-corrected chi connectivity index (χ0v) is 10.2. The third-order valence-electron chi connectivity index (χ3n) is 2.50. The van der Waals surface area contributed by atoms with Crippen molar-refractivity contribution in [3.8, 4) is 23.8 Å². The molecule has 1 unspecified atom stereocenters. The van der Waals surface area contributed by atoms with Crippen molar-refractivity contribution in [2.75, 3.05) is 27.3 Å². The Bertz CT molecular complexity index is 399. The van der Waals surface area contributed by atoms with Gasteiger partial charge in [0.15, 0.2) is 11.5 Å². The lowest BCUT2D eigenvalue weighted by molar-refractivity contribution is 0.347. The number of benzene rings is 1. The van der Waals surface area contributed by atoms with Crippen LogP contribution in [0.4, 0.5) is 0 Å². The minimum atomic E-state index is -0.0453. The monoisotopic (exact) mass is 234 g/mol. The minimum Gasteiger partial charge on any atom is -0.493 e. The van der Waals surface area contributed by atoms with Crippen LogP contribution in [0.15, 0.2) is 18.2 Å². The third-order valence-corrected chi connectivity index (χ3v) is 2.50. The van der Waals surface area contributed by atoms with Gasteiger partial charge in [-0.3, -0.25) is 5.32 Å². The first-order valence-corrected chi connectivity index (χ1v) is 5.36. The number of methoxy groups -OCH3 is 2. The third kappa shape index (κ3) is 3.13. The molecule has 1 aromatic rings. The maximum absolute atomic E-state index is 5.73. The average molecular weight is 234 g/mol. The van der Waals surface area contributed by atoms with Crippen LogP contribution in [-0.2, 0) is 0 Å². The molecule has 0 aliphatic heterocycles. The van der Waals surface area contributed by atoms with Gasteiger partial charge >= 0.3 is 0 Å². The molecule has 4 nitrogen and oxygen atoms in total. The maximum atomic E-state index is 5.73. The van der Waals surface area contributed by atoms with Crippen molar-refractivity contribution < 1.29 is 9.47 Å². The fourth-order valence-electron chi connectivity index (χ4n) is 1.69. The molecule has 0 amide bonds. The van der Waals surface area contributed by atoms with E-state index >= 15 is 0 Å². The van der Waals surface area contributed by atoms with Crippen LogP contribution in [-0.4, -0.2) is 27.3 Å². The summed E-state index contributed by atoms with van der Waals surface area (Å²) in [7, 11) is 3.21. The Morgan fingerprint density at radius 3 is 2.71 bits per heavy atom. The van der Waals surface area contributed by atoms with Gasteiger partial charge in [-0.25, -0.2) is 0 Å². The van der Waals surface area contributed by atoms with Gasteiger partial charge in [0, 0.05) is 18.2 Å². The molecule has 0 heterocycles. The first kappa shape index (κ1) is 13.4. The molecule has 0 fully saturated rings. The molecule has 0 radical (unpaired) electrons. The van der Waals surface area contributed by atoms with Crippen molar-refractivity contribution in [2.45, 2.75) is 6.04 Å². The first-order valence-electron chi connectivity index (χ1n) is 5.36. The van der Waals surface area contributed by atoms with E-state index < -0.39 is 0 Å². The summed E-state index contributed by atoms with van der Waals surface area (Å²) in [6.45, 7) is 0.896. The van der Waals surface area contributed by atoms with Crippen LogP contribution in [0.5, 0.6) is 11.5 Å². The van der Waals surface area contributed by atoms with Gasteiger partial charge in [-0.2, -0.15) is 0 Å². The molecule has 1 rings (SSSR count). The second-order valence-corrected chi connectivity index (χ2v) is 3.46. The van der Waals surface area contributed by atoms with E-state index in [4.69, 9.17) is 21.6 Å². The Labute approximate surface area is 102 Å². The summed E-state index contributed by atoms with van der Waals surface area (Å²) in [5, 5.41) is 3.16. The van der Waals surface area contributed by atoms with Gasteiger partial charge in [0.1, 0.15) is 0 Å². The molecule has 4 heteroatoms. The van der Waals surface area contributed by atoms with Gasteiger partial charge < -0.3 is 15.2 Å². The zero-order valence-electron chi connectivity index (χ0n) is 10.2. The average Bonchev–Trinajstić information content (AvgIpc) is 2.39. The van der Waals surface area contributed by atoms with Crippen molar-refractivity contribution >= 4 is 0 Å². The number of nitrogens with two attached hydrogens (primary N) is 1. The molecule has 0 aliphatic carbocycles. The highest BCUT2D eigenvalue weighted by atomic mass is 16.5. The van der Waals surface area contributed by atoms with E-state index in [1.165, 1.54) is 0 Å². The van der Waals surface area contributed by atoms with E-state index in [0.29, 0.717) is 24.6 Å². The summed E-state index contributed by atoms with van der Waals surface area (Å²) in [5.41, 5.74) is 6.68. The molecule has 0 bridgehead atoms. The highest BCUT2D eigenvalue weighted by Crippen LogP contribution is 2.34. The molecule has 92 valence electrons. The highest BCUT2D eigenvalue weighted by molar-refractivity contribution is 5.48. The molecule has 0 saturated carbocycles. The molecule has 0 aromatic heterocycles. The molecule has 0 saturated heterocycles. The molecular weight excluding hydrogens is 216 g/mol. The fraction of sp³-hybridized carbons (Fsp3) is 0.385. The predicted octanol–water partition coefficient (Wildman–Crippen LogP) is 0.926. The number of ether oxygens (including phenoxy) is 2. The summed E-state index contributed by atoms with van der Waals surface area (Å²) in [6.07, 6.45) is 5.23. The standard InChI is InChI=1S/C13H18N2O2/c1-4-8-15-11(9-14)10-6-5-7-12(16-2)13(10)17-3/h1,5-7,11,15H,8-9,14H2,2-3H3. The summed E-state index contributed by atoms with van der Waals surface area (Å²) < 4.78 is 10.6. The van der Waals surface area contributed by atoms with Crippen molar-refractivity contribution in [3.63, 3.8) is 0 Å². The topological polar surface area (TPSA) is 56.5 Å². The Morgan fingerprint density at radius 2 is 2.18 bits per heavy atom. The van der Waals surface area contributed by atoms with Crippen LogP contribution in [0.2, 0.25) is 0 Å². The zero-order chi connectivity index (χ0) is 12.7. The molecule has 1 atom stereocenters. The van der Waals surface area contributed by atoms with E-state index in [1.807, 2.05) is 18.2 Å². The van der Waals surface area contributed by atoms with Crippen LogP contribution >= 0.6 is 0 Å². The van der Waals surface area contributed by atoms with Gasteiger partial charge in [-0.05, 0) is 6.07 Å². The van der Waals surface area contributed by atoms with E-state index in [1.54, 1.807) is 14.2 Å². The van der Waals surface area contributed by atoms with Gasteiger partial charge in [-0.15, -0.1) is 6.42 Å². The first-order chi connectivity index (χ1) is 8.28. The van der Waals surface area contributed by atoms with Crippen molar-refractivity contribution in [1.82, 2.24) is 5.32 Å². The van der Waals surface area contributed by atoms with Crippen molar-refractivity contribution in [3.05, 3.63) is 23.8 Å². The van der Waals surface area contributed by atoms with Crippen molar-refractivity contribution in [2.24, 2.45) is 5.73 Å². The lowest BCUT2D eigenvalue weighted by Crippen LogP contribution is -2.28. The quantitative estimate of drug-likeness (QED) is 0.719. The number of rotatable bonds is 6. The fourth-order valence-corrected chi connectivity index (χ4v) is 1.69. The second-order valence-electron chi connectivity index (χ2n) is 3.46. The Morgan fingerprint density at radius 1 is 1.41 bits per heavy atom. The molecule has 3 N–H and O–H groups in total. The van der Waals surface area contributed by atoms with Gasteiger partial charge in [0.2, 0.25) is 0 Å². The Kier molecular flexibility index (Phi) is 5.34. The maximum Gasteiger partial charge on any atom is 0.165 e. The predicted molar refractivity (Wildman–Crippen MR) is 68.2 cm³/mol. The van der Waals surface area contributed by atoms with E-state index in [2.05, 4.69) is 11.2 Å². The lowest BCUT2D eigenvalue weighted by atomic mass is 10.1. The molecule has 1 aromatic carbocycles. The molecule has 0 aliphatic rings. The van der Waals surface area contributed by atoms with E-state index in [0.717, 1.165) is 5.56 Å². The minimum absolute atomic E-state index is 0.0453. The van der Waals surface area contributed by atoms with E-state index in [-0.39, 0.29) is 6.04 Å². The number of nitrogens with one attached hydrogen (secondary N) is 1. The van der Waals surface area contributed by atoms with Crippen LogP contribution < -0.4 is 20.5 Å². The molecule has 0 spiro atoms. The van der Waals surface area contributed by atoms with Crippen LogP contribution in [0.3, 0.4) is 0 Å². The summed E-state index contributed by atoms with van der Waals surface area (Å²) in [5.74, 6) is 3.91. The van der Waals surface area contributed by atoms with Crippen LogP contribution in [0, 0.1) is 12.3 Å². The number of hydrogen-bond donors (Lipinski definition) is 2. The van der Waals surface area contributed by atoms with E-state index in [9.17, 15) is 0 Å². The largest absolute Gasteiger partial charge is 0.493 e. The van der Waals surface area contributed by atoms with Crippen molar-refractivity contribution in [1.29, 1.82) is 0 Å². The summed E-state index contributed by atoms with van der Waals surface area (Å²) >= 11 is 0. The summed E-state index contributed by atoms with van der Waals surface area (Å²) in [4.78, 5) is 0. The Balaban J connectivity index is 3.05. The second kappa shape index (κ2) is 6.79. The highest BCUT2D eigenvalue weighted by Gasteiger charge is 2.16. The molecular formula is C13H18N2O2. The number of hydrogen-bond acceptors (Lipinski definition) is 4. The molecule has 17 heavy (non-hydrogen) atoms. The summed E-state index contributed by atoms with van der Waals surface area (Å²) in [6, 6.07) is 5.65. The normalized spacial score (nSPS) is 11.6. The van der Waals surface area contributed by atoms with Crippen LogP contribution in [0.1, 0.15) is 11.6 Å². The van der Waals surface area contributed by atoms with Gasteiger partial charge in [-0.1, -0.05) is 18.1 Å². The Hall–Kier alpha value is -1.70. The lowest BCUT2D eigenvalue weighted by Gasteiger charge is -2.20. The van der Waals surface area contributed by atoms with Gasteiger partial charge in [0.05, 0.1) is 20.8 Å². The number of para-hydroxylation sites is 1. The smallest absolute Gasteiger partial charge is 0.165 e. The SMILES string of the molecule is C#CCNC(CN)c1cccc(OC)c1OC. The number of terminal acetylenes is 1. The van der Waals surface area contributed by atoms with Crippen LogP contribution in [0.25, 0.3) is 0 Å².